The SMILES string of the molecule is COc1ccc(NC(=O)C2CCN(S(=O)(=O)c3c(C)noc3/C=C/c3ccc(C)cc3)CC2)cc1. The van der Waals surface area contributed by atoms with Crippen LogP contribution in [0.3, 0.4) is 0 Å². The second kappa shape index (κ2) is 10.5. The molecular formula is C26H29N3O5S. The zero-order valence-corrected chi connectivity index (χ0v) is 20.8. The van der Waals surface area contributed by atoms with Crippen LogP contribution in [0.4, 0.5) is 5.69 Å². The molecule has 0 bridgehead atoms. The van der Waals surface area contributed by atoms with E-state index >= 15 is 0 Å². The smallest absolute Gasteiger partial charge is 0.248 e. The minimum atomic E-state index is -3.83. The van der Waals surface area contributed by atoms with E-state index < -0.39 is 10.0 Å². The Morgan fingerprint density at radius 2 is 1.71 bits per heavy atom. The Bertz CT molecular complexity index is 1300. The number of anilines is 1. The summed E-state index contributed by atoms with van der Waals surface area (Å²) in [5.41, 5.74) is 3.06. The molecule has 1 aliphatic heterocycles. The van der Waals surface area contributed by atoms with E-state index in [1.807, 2.05) is 31.2 Å². The molecule has 2 aromatic carbocycles. The first-order valence-electron chi connectivity index (χ1n) is 11.4. The summed E-state index contributed by atoms with van der Waals surface area (Å²) in [6.07, 6.45) is 4.29. The van der Waals surface area contributed by atoms with Crippen LogP contribution < -0.4 is 10.1 Å². The fourth-order valence-electron chi connectivity index (χ4n) is 4.05. The highest BCUT2D eigenvalue weighted by Crippen LogP contribution is 2.30. The van der Waals surface area contributed by atoms with Crippen molar-refractivity contribution in [3.8, 4) is 5.75 Å². The topological polar surface area (TPSA) is 102 Å². The van der Waals surface area contributed by atoms with Crippen LogP contribution in [0.15, 0.2) is 57.9 Å². The Labute approximate surface area is 205 Å². The summed E-state index contributed by atoms with van der Waals surface area (Å²) in [5, 5.41) is 6.80. The molecule has 1 saturated heterocycles. The lowest BCUT2D eigenvalue weighted by atomic mass is 9.97. The number of carbonyl (C=O) groups is 1. The largest absolute Gasteiger partial charge is 0.497 e. The van der Waals surface area contributed by atoms with Crippen molar-refractivity contribution in [1.29, 1.82) is 0 Å². The van der Waals surface area contributed by atoms with E-state index in [0.29, 0.717) is 30.0 Å². The van der Waals surface area contributed by atoms with Crippen molar-refractivity contribution in [1.82, 2.24) is 9.46 Å². The van der Waals surface area contributed by atoms with Gasteiger partial charge in [0.1, 0.15) is 11.4 Å². The molecule has 4 rings (SSSR count). The number of sulfonamides is 1. The van der Waals surface area contributed by atoms with Gasteiger partial charge in [0.25, 0.3) is 0 Å². The number of ether oxygens (including phenoxy) is 1. The van der Waals surface area contributed by atoms with Gasteiger partial charge in [-0.15, -0.1) is 0 Å². The maximum absolute atomic E-state index is 13.5. The number of aryl methyl sites for hydroxylation is 2. The first kappa shape index (κ1) is 24.7. The number of hydrogen-bond donors (Lipinski definition) is 1. The van der Waals surface area contributed by atoms with Gasteiger partial charge in [-0.05, 0) is 62.6 Å². The summed E-state index contributed by atoms with van der Waals surface area (Å²) < 4.78 is 38.8. The molecule has 1 aromatic heterocycles. The highest BCUT2D eigenvalue weighted by molar-refractivity contribution is 7.89. The highest BCUT2D eigenvalue weighted by Gasteiger charge is 2.35. The van der Waals surface area contributed by atoms with Crippen LogP contribution in [0.5, 0.6) is 5.75 Å². The Balaban J connectivity index is 1.42. The molecule has 1 fully saturated rings. The van der Waals surface area contributed by atoms with Crippen LogP contribution in [0.2, 0.25) is 0 Å². The maximum Gasteiger partial charge on any atom is 0.248 e. The number of rotatable bonds is 7. The fourth-order valence-corrected chi connectivity index (χ4v) is 5.77. The Hall–Kier alpha value is -3.43. The third-order valence-electron chi connectivity index (χ3n) is 6.12. The van der Waals surface area contributed by atoms with Crippen LogP contribution in [0, 0.1) is 19.8 Å². The Kier molecular flexibility index (Phi) is 7.37. The van der Waals surface area contributed by atoms with Gasteiger partial charge in [-0.25, -0.2) is 8.42 Å². The van der Waals surface area contributed by atoms with Crippen LogP contribution in [-0.4, -0.2) is 44.0 Å². The van der Waals surface area contributed by atoms with Crippen LogP contribution in [-0.2, 0) is 14.8 Å². The molecule has 2 heterocycles. The number of methoxy groups -OCH3 is 1. The van der Waals surface area contributed by atoms with E-state index in [2.05, 4.69) is 10.5 Å². The summed E-state index contributed by atoms with van der Waals surface area (Å²) in [6.45, 7) is 4.11. The van der Waals surface area contributed by atoms with Gasteiger partial charge in [0, 0.05) is 24.7 Å². The van der Waals surface area contributed by atoms with Crippen molar-refractivity contribution >= 4 is 33.8 Å². The average molecular weight is 496 g/mol. The van der Waals surface area contributed by atoms with Crippen LogP contribution >= 0.6 is 0 Å². The van der Waals surface area contributed by atoms with E-state index in [9.17, 15) is 13.2 Å². The number of aromatic nitrogens is 1. The molecule has 1 N–H and O–H groups in total. The molecule has 1 aliphatic rings. The quantitative estimate of drug-likeness (QED) is 0.518. The summed E-state index contributed by atoms with van der Waals surface area (Å²) >= 11 is 0. The first-order valence-corrected chi connectivity index (χ1v) is 12.9. The van der Waals surface area contributed by atoms with Gasteiger partial charge in [-0.2, -0.15) is 4.31 Å². The lowest BCUT2D eigenvalue weighted by Gasteiger charge is -2.30. The second-order valence-electron chi connectivity index (χ2n) is 8.60. The maximum atomic E-state index is 13.5. The van der Waals surface area contributed by atoms with E-state index in [1.165, 1.54) is 4.31 Å². The standard InChI is InChI=1S/C26H29N3O5S/c1-18-4-6-20(7-5-18)8-13-24-25(19(2)28-34-24)35(31,32)29-16-14-21(15-17-29)26(30)27-22-9-11-23(33-3)12-10-22/h4-13,21H,14-17H2,1-3H3,(H,27,30)/b13-8+. The third kappa shape index (κ3) is 5.63. The second-order valence-corrected chi connectivity index (χ2v) is 10.5. The normalized spacial score (nSPS) is 15.4. The summed E-state index contributed by atoms with van der Waals surface area (Å²) in [5.74, 6) is 0.518. The summed E-state index contributed by atoms with van der Waals surface area (Å²) in [4.78, 5) is 12.8. The average Bonchev–Trinajstić information content (AvgIpc) is 3.25. The van der Waals surface area contributed by atoms with Crippen molar-refractivity contribution in [3.63, 3.8) is 0 Å². The predicted octanol–water partition coefficient (Wildman–Crippen LogP) is 4.51. The minimum Gasteiger partial charge on any atom is -0.497 e. The molecule has 0 radical (unpaired) electrons. The van der Waals surface area contributed by atoms with Crippen molar-refractivity contribution in [2.24, 2.45) is 5.92 Å². The highest BCUT2D eigenvalue weighted by atomic mass is 32.2. The molecule has 0 aliphatic carbocycles. The molecule has 0 spiro atoms. The van der Waals surface area contributed by atoms with Crippen molar-refractivity contribution in [2.45, 2.75) is 31.6 Å². The molecule has 3 aromatic rings. The van der Waals surface area contributed by atoms with Crippen LogP contribution in [0.25, 0.3) is 12.2 Å². The van der Waals surface area contributed by atoms with E-state index in [4.69, 9.17) is 9.26 Å². The third-order valence-corrected chi connectivity index (χ3v) is 8.18. The Morgan fingerprint density at radius 1 is 1.06 bits per heavy atom. The van der Waals surface area contributed by atoms with Gasteiger partial charge in [0.2, 0.25) is 15.9 Å². The molecule has 1 amide bonds. The van der Waals surface area contributed by atoms with Gasteiger partial charge >= 0.3 is 0 Å². The number of nitrogens with one attached hydrogen (secondary N) is 1. The van der Waals surface area contributed by atoms with Crippen molar-refractivity contribution in [3.05, 3.63) is 71.1 Å². The lowest BCUT2D eigenvalue weighted by molar-refractivity contribution is -0.120. The molecule has 0 atom stereocenters. The van der Waals surface area contributed by atoms with Gasteiger partial charge in [0.15, 0.2) is 10.7 Å². The van der Waals surface area contributed by atoms with Gasteiger partial charge in [0.05, 0.1) is 7.11 Å². The van der Waals surface area contributed by atoms with Gasteiger partial charge in [-0.3, -0.25) is 4.79 Å². The predicted molar refractivity (Wildman–Crippen MR) is 134 cm³/mol. The first-order chi connectivity index (χ1) is 16.8. The van der Waals surface area contributed by atoms with Gasteiger partial charge < -0.3 is 14.6 Å². The van der Waals surface area contributed by atoms with Crippen molar-refractivity contribution < 1.29 is 22.5 Å². The number of nitrogens with zero attached hydrogens (tertiary/aromatic N) is 2. The molecular weight excluding hydrogens is 466 g/mol. The van der Waals surface area contributed by atoms with Gasteiger partial charge in [-0.1, -0.05) is 41.1 Å². The number of benzene rings is 2. The van der Waals surface area contributed by atoms with E-state index in [-0.39, 0.29) is 35.6 Å². The van der Waals surface area contributed by atoms with E-state index in [1.54, 1.807) is 50.5 Å². The van der Waals surface area contributed by atoms with E-state index in [0.717, 1.165) is 11.1 Å². The number of hydrogen-bond acceptors (Lipinski definition) is 6. The number of piperidine rings is 1. The molecule has 8 nitrogen and oxygen atoms in total. The number of carbonyl (C=O) groups excluding carboxylic acids is 1. The summed E-state index contributed by atoms with van der Waals surface area (Å²) in [6, 6.07) is 15.0. The molecule has 9 heteroatoms. The minimum absolute atomic E-state index is 0.0713. The monoisotopic (exact) mass is 495 g/mol. The van der Waals surface area contributed by atoms with Crippen molar-refractivity contribution in [2.75, 3.05) is 25.5 Å². The zero-order valence-electron chi connectivity index (χ0n) is 20.0. The fraction of sp³-hybridized carbons (Fsp3) is 0.308. The molecule has 0 saturated carbocycles. The summed E-state index contributed by atoms with van der Waals surface area (Å²) in [7, 11) is -2.24. The molecule has 0 unspecified atom stereocenters. The molecule has 184 valence electrons. The Morgan fingerprint density at radius 3 is 2.34 bits per heavy atom. The lowest BCUT2D eigenvalue weighted by Crippen LogP contribution is -2.41. The van der Waals surface area contributed by atoms with Crippen LogP contribution in [0.1, 0.15) is 35.4 Å². The number of amides is 1. The zero-order chi connectivity index (χ0) is 25.0. The molecule has 35 heavy (non-hydrogen) atoms.